The monoisotopic (exact) mass is 217 g/mol. The van der Waals surface area contributed by atoms with E-state index in [1.54, 1.807) is 25.3 Å². The van der Waals surface area contributed by atoms with Gasteiger partial charge in [0.05, 0.1) is 5.39 Å². The lowest BCUT2D eigenvalue weighted by Crippen LogP contribution is -2.10. The van der Waals surface area contributed by atoms with E-state index in [0.717, 1.165) is 0 Å². The van der Waals surface area contributed by atoms with Gasteiger partial charge in [-0.25, -0.2) is 4.98 Å². The number of aromatic amines is 1. The van der Waals surface area contributed by atoms with Crippen LogP contribution in [0.1, 0.15) is 12.5 Å². The van der Waals surface area contributed by atoms with Crippen LogP contribution >= 0.6 is 0 Å². The Morgan fingerprint density at radius 3 is 2.88 bits per heavy atom. The van der Waals surface area contributed by atoms with Crippen molar-refractivity contribution in [2.45, 2.75) is 13.8 Å². The fourth-order valence-corrected chi connectivity index (χ4v) is 1.46. The minimum Gasteiger partial charge on any atom is -0.346 e. The molecule has 1 amide bonds. The summed E-state index contributed by atoms with van der Waals surface area (Å²) in [5.41, 5.74) is 1.07. The van der Waals surface area contributed by atoms with Gasteiger partial charge in [0.25, 0.3) is 0 Å². The SMILES string of the molecule is CC(=O)Nc1ccc2c(=O)c(C)c[nH]c2n1. The van der Waals surface area contributed by atoms with Gasteiger partial charge in [-0.1, -0.05) is 0 Å². The number of H-pyrrole nitrogens is 1. The zero-order valence-electron chi connectivity index (χ0n) is 9.00. The van der Waals surface area contributed by atoms with E-state index in [9.17, 15) is 9.59 Å². The van der Waals surface area contributed by atoms with E-state index in [4.69, 9.17) is 0 Å². The Balaban J connectivity index is 2.60. The van der Waals surface area contributed by atoms with Crippen LogP contribution in [0.5, 0.6) is 0 Å². The van der Waals surface area contributed by atoms with Crippen LogP contribution in [0.3, 0.4) is 0 Å². The van der Waals surface area contributed by atoms with Crippen molar-refractivity contribution in [1.29, 1.82) is 0 Å². The molecule has 0 fully saturated rings. The molecule has 0 bridgehead atoms. The summed E-state index contributed by atoms with van der Waals surface area (Å²) in [7, 11) is 0. The molecule has 0 aliphatic heterocycles. The van der Waals surface area contributed by atoms with Crippen molar-refractivity contribution in [2.75, 3.05) is 5.32 Å². The van der Waals surface area contributed by atoms with Crippen molar-refractivity contribution in [3.05, 3.63) is 34.1 Å². The molecule has 0 aromatic carbocycles. The van der Waals surface area contributed by atoms with Crippen LogP contribution in [0.25, 0.3) is 11.0 Å². The predicted octanol–water partition coefficient (Wildman–Crippen LogP) is 1.19. The van der Waals surface area contributed by atoms with Crippen molar-refractivity contribution in [2.24, 2.45) is 0 Å². The van der Waals surface area contributed by atoms with Gasteiger partial charge in [-0.2, -0.15) is 0 Å². The molecule has 2 aromatic heterocycles. The van der Waals surface area contributed by atoms with Crippen molar-refractivity contribution < 1.29 is 4.79 Å². The first-order chi connectivity index (χ1) is 7.58. The highest BCUT2D eigenvalue weighted by atomic mass is 16.1. The highest BCUT2D eigenvalue weighted by Gasteiger charge is 2.04. The lowest BCUT2D eigenvalue weighted by Gasteiger charge is -2.03. The van der Waals surface area contributed by atoms with Gasteiger partial charge in [-0.3, -0.25) is 9.59 Å². The summed E-state index contributed by atoms with van der Waals surface area (Å²) in [6, 6.07) is 3.26. The third-order valence-electron chi connectivity index (χ3n) is 2.23. The Kier molecular flexibility index (Phi) is 2.44. The number of carbonyl (C=O) groups excluding carboxylic acids is 1. The standard InChI is InChI=1S/C11H11N3O2/c1-6-5-12-11-8(10(6)16)3-4-9(14-11)13-7(2)15/h3-5H,1-2H3,(H2,12,13,14,15,16). The van der Waals surface area contributed by atoms with Crippen LogP contribution in [0.15, 0.2) is 23.1 Å². The molecular formula is C11H11N3O2. The normalized spacial score (nSPS) is 10.4. The summed E-state index contributed by atoms with van der Waals surface area (Å²) in [4.78, 5) is 29.6. The predicted molar refractivity (Wildman–Crippen MR) is 61.4 cm³/mol. The van der Waals surface area contributed by atoms with Gasteiger partial charge in [0.15, 0.2) is 5.43 Å². The van der Waals surface area contributed by atoms with Gasteiger partial charge in [0.1, 0.15) is 11.5 Å². The molecule has 2 N–H and O–H groups in total. The summed E-state index contributed by atoms with van der Waals surface area (Å²) >= 11 is 0. The largest absolute Gasteiger partial charge is 0.346 e. The Morgan fingerprint density at radius 1 is 1.44 bits per heavy atom. The maximum atomic E-state index is 11.7. The summed E-state index contributed by atoms with van der Waals surface area (Å²) in [5.74, 6) is 0.237. The second-order valence-electron chi connectivity index (χ2n) is 3.57. The number of hydrogen-bond acceptors (Lipinski definition) is 3. The highest BCUT2D eigenvalue weighted by Crippen LogP contribution is 2.10. The van der Waals surface area contributed by atoms with E-state index in [1.165, 1.54) is 6.92 Å². The highest BCUT2D eigenvalue weighted by molar-refractivity contribution is 5.89. The number of aromatic nitrogens is 2. The Hall–Kier alpha value is -2.17. The molecule has 0 radical (unpaired) electrons. The number of aryl methyl sites for hydroxylation is 1. The second kappa shape index (κ2) is 3.77. The average molecular weight is 217 g/mol. The van der Waals surface area contributed by atoms with Crippen LogP contribution in [0.4, 0.5) is 5.82 Å². The van der Waals surface area contributed by atoms with Gasteiger partial charge >= 0.3 is 0 Å². The molecule has 2 heterocycles. The summed E-state index contributed by atoms with van der Waals surface area (Å²) in [6.45, 7) is 3.14. The molecule has 0 aliphatic rings. The van der Waals surface area contributed by atoms with Gasteiger partial charge < -0.3 is 10.3 Å². The topological polar surface area (TPSA) is 74.8 Å². The number of carbonyl (C=O) groups is 1. The summed E-state index contributed by atoms with van der Waals surface area (Å²) < 4.78 is 0. The number of anilines is 1. The maximum absolute atomic E-state index is 11.7. The van der Waals surface area contributed by atoms with E-state index in [0.29, 0.717) is 22.4 Å². The van der Waals surface area contributed by atoms with Crippen molar-refractivity contribution >= 4 is 22.8 Å². The number of nitrogens with zero attached hydrogens (tertiary/aromatic N) is 1. The van der Waals surface area contributed by atoms with Crippen molar-refractivity contribution in [1.82, 2.24) is 9.97 Å². The van der Waals surface area contributed by atoms with Crippen LogP contribution < -0.4 is 10.7 Å². The van der Waals surface area contributed by atoms with E-state index in [-0.39, 0.29) is 11.3 Å². The zero-order chi connectivity index (χ0) is 11.7. The summed E-state index contributed by atoms with van der Waals surface area (Å²) in [5, 5.41) is 3.08. The summed E-state index contributed by atoms with van der Waals surface area (Å²) in [6.07, 6.45) is 1.61. The average Bonchev–Trinajstić information content (AvgIpc) is 2.23. The quantitative estimate of drug-likeness (QED) is 0.753. The van der Waals surface area contributed by atoms with Crippen LogP contribution in [-0.2, 0) is 4.79 Å². The molecular weight excluding hydrogens is 206 g/mol. The second-order valence-corrected chi connectivity index (χ2v) is 3.57. The molecule has 82 valence electrons. The number of pyridine rings is 2. The first-order valence-corrected chi connectivity index (χ1v) is 4.84. The smallest absolute Gasteiger partial charge is 0.222 e. The Labute approximate surface area is 91.5 Å². The van der Waals surface area contributed by atoms with Gasteiger partial charge in [-0.15, -0.1) is 0 Å². The number of nitrogens with one attached hydrogen (secondary N) is 2. The third-order valence-corrected chi connectivity index (χ3v) is 2.23. The Morgan fingerprint density at radius 2 is 2.19 bits per heavy atom. The molecule has 5 heteroatoms. The molecule has 0 aliphatic carbocycles. The molecule has 0 saturated carbocycles. The maximum Gasteiger partial charge on any atom is 0.222 e. The van der Waals surface area contributed by atoms with Gasteiger partial charge in [0.2, 0.25) is 5.91 Å². The van der Waals surface area contributed by atoms with Crippen molar-refractivity contribution in [3.63, 3.8) is 0 Å². The molecule has 2 aromatic rings. The third kappa shape index (κ3) is 1.79. The molecule has 5 nitrogen and oxygen atoms in total. The molecule has 0 atom stereocenters. The lowest BCUT2D eigenvalue weighted by molar-refractivity contribution is -0.114. The minimum absolute atomic E-state index is 0.0457. The first-order valence-electron chi connectivity index (χ1n) is 4.84. The Bertz CT molecular complexity index is 616. The molecule has 0 unspecified atom stereocenters. The number of hydrogen-bond donors (Lipinski definition) is 2. The molecule has 0 spiro atoms. The molecule has 0 saturated heterocycles. The number of amides is 1. The van der Waals surface area contributed by atoms with Crippen LogP contribution in [-0.4, -0.2) is 15.9 Å². The number of fused-ring (bicyclic) bond motifs is 1. The fraction of sp³-hybridized carbons (Fsp3) is 0.182. The minimum atomic E-state index is -0.193. The lowest BCUT2D eigenvalue weighted by atomic mass is 10.2. The van der Waals surface area contributed by atoms with Gasteiger partial charge in [-0.05, 0) is 19.1 Å². The molecule has 16 heavy (non-hydrogen) atoms. The van der Waals surface area contributed by atoms with E-state index in [2.05, 4.69) is 15.3 Å². The van der Waals surface area contributed by atoms with E-state index >= 15 is 0 Å². The van der Waals surface area contributed by atoms with E-state index in [1.807, 2.05) is 0 Å². The fourth-order valence-electron chi connectivity index (χ4n) is 1.46. The number of rotatable bonds is 1. The molecule has 2 rings (SSSR count). The van der Waals surface area contributed by atoms with E-state index < -0.39 is 0 Å². The van der Waals surface area contributed by atoms with Crippen LogP contribution in [0, 0.1) is 6.92 Å². The van der Waals surface area contributed by atoms with Crippen LogP contribution in [0.2, 0.25) is 0 Å². The first kappa shape index (κ1) is 10.4. The van der Waals surface area contributed by atoms with Gasteiger partial charge in [0, 0.05) is 18.7 Å². The van der Waals surface area contributed by atoms with Crippen molar-refractivity contribution in [3.8, 4) is 0 Å². The zero-order valence-corrected chi connectivity index (χ0v) is 9.00.